The second-order valence-electron chi connectivity index (χ2n) is 5.44. The summed E-state index contributed by atoms with van der Waals surface area (Å²) in [5.41, 5.74) is 0.347. The molecule has 0 aromatic carbocycles. The van der Waals surface area contributed by atoms with Crippen LogP contribution < -0.4 is 0 Å². The number of aromatic nitrogens is 1. The lowest BCUT2D eigenvalue weighted by atomic mass is 9.82. The number of nitrogens with zero attached hydrogens (tertiary/aromatic N) is 1. The molecule has 0 saturated heterocycles. The Kier molecular flexibility index (Phi) is 4.69. The van der Waals surface area contributed by atoms with Crippen molar-refractivity contribution in [3.8, 4) is 0 Å². The molecule has 5 heteroatoms. The number of ether oxygens (including phenoxy) is 1. The highest BCUT2D eigenvalue weighted by atomic mass is 35.5. The van der Waals surface area contributed by atoms with Crippen LogP contribution in [0.2, 0.25) is 10.2 Å². The topological polar surface area (TPSA) is 39.2 Å². The molecule has 2 atom stereocenters. The fraction of sp³-hybridized carbons (Fsp3) is 0.571. The molecule has 1 saturated carbocycles. The average molecular weight is 302 g/mol. The Morgan fingerprint density at radius 1 is 1.26 bits per heavy atom. The molecular weight excluding hydrogens is 285 g/mol. The summed E-state index contributed by atoms with van der Waals surface area (Å²) in [6.07, 6.45) is 4.42. The molecule has 2 rings (SSSR count). The maximum absolute atomic E-state index is 12.0. The fourth-order valence-electron chi connectivity index (χ4n) is 2.72. The third-order valence-corrected chi connectivity index (χ3v) is 4.13. The van der Waals surface area contributed by atoms with Crippen molar-refractivity contribution in [1.82, 2.24) is 4.98 Å². The Labute approximate surface area is 123 Å². The summed E-state index contributed by atoms with van der Waals surface area (Å²) in [5.74, 6) is 0.805. The van der Waals surface area contributed by atoms with Crippen molar-refractivity contribution >= 4 is 29.2 Å². The first kappa shape index (κ1) is 14.6. The van der Waals surface area contributed by atoms with Gasteiger partial charge in [0.2, 0.25) is 0 Å². The number of carbonyl (C=O) groups excluding carboxylic acids is 1. The van der Waals surface area contributed by atoms with E-state index in [2.05, 4.69) is 18.8 Å². The quantitative estimate of drug-likeness (QED) is 0.601. The molecular formula is C14H17Cl2NO2. The minimum Gasteiger partial charge on any atom is -0.459 e. The zero-order valence-electron chi connectivity index (χ0n) is 11.0. The fourth-order valence-corrected chi connectivity index (χ4v) is 2.99. The molecule has 0 bridgehead atoms. The summed E-state index contributed by atoms with van der Waals surface area (Å²) in [6, 6.07) is 1.49. The molecule has 1 aromatic rings. The molecule has 2 unspecified atom stereocenters. The minimum absolute atomic E-state index is 0.0132. The number of pyridine rings is 1. The Morgan fingerprint density at radius 2 is 1.89 bits per heavy atom. The van der Waals surface area contributed by atoms with Gasteiger partial charge in [-0.25, -0.2) is 9.78 Å². The van der Waals surface area contributed by atoms with Crippen molar-refractivity contribution in [2.24, 2.45) is 11.8 Å². The van der Waals surface area contributed by atoms with Gasteiger partial charge in [0, 0.05) is 6.20 Å². The number of halogens is 2. The highest BCUT2D eigenvalue weighted by Gasteiger charge is 2.27. The van der Waals surface area contributed by atoms with Gasteiger partial charge in [-0.05, 0) is 37.2 Å². The van der Waals surface area contributed by atoms with E-state index in [-0.39, 0.29) is 22.2 Å². The van der Waals surface area contributed by atoms with Crippen LogP contribution in [-0.4, -0.2) is 17.1 Å². The number of hydrogen-bond acceptors (Lipinski definition) is 3. The third-order valence-electron chi connectivity index (χ3n) is 3.44. The summed E-state index contributed by atoms with van der Waals surface area (Å²) >= 11 is 11.6. The van der Waals surface area contributed by atoms with E-state index < -0.39 is 0 Å². The molecule has 0 amide bonds. The summed E-state index contributed by atoms with van der Waals surface area (Å²) < 4.78 is 5.53. The predicted octanol–water partition coefficient (Wildman–Crippen LogP) is 4.37. The highest BCUT2D eigenvalue weighted by molar-refractivity contribution is 6.41. The van der Waals surface area contributed by atoms with E-state index >= 15 is 0 Å². The molecule has 0 aliphatic heterocycles. The largest absolute Gasteiger partial charge is 0.459 e. The monoisotopic (exact) mass is 301 g/mol. The Bertz CT molecular complexity index is 469. The molecule has 1 fully saturated rings. The molecule has 104 valence electrons. The first-order chi connectivity index (χ1) is 8.95. The second-order valence-corrected chi connectivity index (χ2v) is 6.21. The van der Waals surface area contributed by atoms with Gasteiger partial charge in [0.25, 0.3) is 0 Å². The molecule has 0 radical (unpaired) electrons. The predicted molar refractivity (Wildman–Crippen MR) is 75.6 cm³/mol. The van der Waals surface area contributed by atoms with Crippen LogP contribution in [0.25, 0.3) is 0 Å². The number of hydrogen-bond donors (Lipinski definition) is 0. The first-order valence-corrected chi connectivity index (χ1v) is 7.23. The Balaban J connectivity index is 2.02. The van der Waals surface area contributed by atoms with Gasteiger partial charge in [0.05, 0.1) is 10.6 Å². The molecule has 19 heavy (non-hydrogen) atoms. The van der Waals surface area contributed by atoms with Gasteiger partial charge in [-0.1, -0.05) is 37.0 Å². The standard InChI is InChI=1S/C14H17Cl2NO2/c1-8-3-9(2)5-11(4-8)19-14(18)10-6-12(15)13(16)17-7-10/h6-9,11H,3-5H2,1-2H3. The van der Waals surface area contributed by atoms with Crippen LogP contribution in [0.4, 0.5) is 0 Å². The van der Waals surface area contributed by atoms with Crippen molar-refractivity contribution in [2.75, 3.05) is 0 Å². The van der Waals surface area contributed by atoms with Crippen molar-refractivity contribution in [3.05, 3.63) is 28.0 Å². The second kappa shape index (κ2) is 6.10. The van der Waals surface area contributed by atoms with Gasteiger partial charge in [-0.3, -0.25) is 0 Å². The summed E-state index contributed by atoms with van der Waals surface area (Å²) in [4.78, 5) is 15.9. The molecule has 1 aliphatic rings. The van der Waals surface area contributed by atoms with E-state index in [9.17, 15) is 4.79 Å². The zero-order valence-corrected chi connectivity index (χ0v) is 12.5. The summed E-state index contributed by atoms with van der Waals surface area (Å²) in [7, 11) is 0. The van der Waals surface area contributed by atoms with Gasteiger partial charge >= 0.3 is 5.97 Å². The maximum Gasteiger partial charge on any atom is 0.340 e. The van der Waals surface area contributed by atoms with E-state index in [1.165, 1.54) is 18.7 Å². The van der Waals surface area contributed by atoms with Crippen LogP contribution in [0, 0.1) is 11.8 Å². The van der Waals surface area contributed by atoms with Crippen molar-refractivity contribution in [1.29, 1.82) is 0 Å². The SMILES string of the molecule is CC1CC(C)CC(OC(=O)c2cnc(Cl)c(Cl)c2)C1. The maximum atomic E-state index is 12.0. The number of rotatable bonds is 2. The lowest BCUT2D eigenvalue weighted by Crippen LogP contribution is -2.28. The van der Waals surface area contributed by atoms with Crippen LogP contribution >= 0.6 is 23.2 Å². The van der Waals surface area contributed by atoms with Crippen LogP contribution in [0.3, 0.4) is 0 Å². The van der Waals surface area contributed by atoms with Crippen molar-refractivity contribution < 1.29 is 9.53 Å². The van der Waals surface area contributed by atoms with Crippen molar-refractivity contribution in [2.45, 2.75) is 39.2 Å². The van der Waals surface area contributed by atoms with Crippen LogP contribution in [-0.2, 0) is 4.74 Å². The molecule has 1 aromatic heterocycles. The molecule has 1 heterocycles. The Morgan fingerprint density at radius 3 is 2.47 bits per heavy atom. The van der Waals surface area contributed by atoms with E-state index in [4.69, 9.17) is 27.9 Å². The molecule has 3 nitrogen and oxygen atoms in total. The van der Waals surface area contributed by atoms with E-state index in [0.717, 1.165) is 12.8 Å². The van der Waals surface area contributed by atoms with Crippen LogP contribution in [0.5, 0.6) is 0 Å². The zero-order chi connectivity index (χ0) is 14.0. The average Bonchev–Trinajstić information content (AvgIpc) is 2.31. The van der Waals surface area contributed by atoms with Gasteiger partial charge in [0.15, 0.2) is 0 Å². The number of carbonyl (C=O) groups is 1. The number of esters is 1. The highest BCUT2D eigenvalue weighted by Crippen LogP contribution is 2.31. The van der Waals surface area contributed by atoms with E-state index in [1.807, 2.05) is 0 Å². The molecule has 0 spiro atoms. The summed E-state index contributed by atoms with van der Waals surface area (Å²) in [5, 5.41) is 0.458. The lowest BCUT2D eigenvalue weighted by molar-refractivity contribution is 0.00802. The normalized spacial score (nSPS) is 27.1. The third kappa shape index (κ3) is 3.83. The molecule has 0 N–H and O–H groups in total. The van der Waals surface area contributed by atoms with Crippen LogP contribution in [0.15, 0.2) is 12.3 Å². The van der Waals surface area contributed by atoms with Gasteiger partial charge in [-0.2, -0.15) is 0 Å². The van der Waals surface area contributed by atoms with E-state index in [0.29, 0.717) is 17.4 Å². The smallest absolute Gasteiger partial charge is 0.340 e. The lowest BCUT2D eigenvalue weighted by Gasteiger charge is -2.30. The van der Waals surface area contributed by atoms with Crippen LogP contribution in [0.1, 0.15) is 43.5 Å². The van der Waals surface area contributed by atoms with Gasteiger partial charge in [0.1, 0.15) is 11.3 Å². The van der Waals surface area contributed by atoms with Crippen molar-refractivity contribution in [3.63, 3.8) is 0 Å². The minimum atomic E-state index is -0.377. The van der Waals surface area contributed by atoms with Gasteiger partial charge in [-0.15, -0.1) is 0 Å². The first-order valence-electron chi connectivity index (χ1n) is 6.47. The molecule has 1 aliphatic carbocycles. The van der Waals surface area contributed by atoms with Gasteiger partial charge < -0.3 is 4.74 Å². The Hall–Kier alpha value is -0.800. The van der Waals surface area contributed by atoms with E-state index in [1.54, 1.807) is 0 Å². The summed E-state index contributed by atoms with van der Waals surface area (Å²) in [6.45, 7) is 4.38.